The Morgan fingerprint density at radius 2 is 2.10 bits per heavy atom. The van der Waals surface area contributed by atoms with Gasteiger partial charge in [-0.05, 0) is 56.0 Å². The topological polar surface area (TPSA) is 98.2 Å². The molecule has 1 fully saturated rings. The summed E-state index contributed by atoms with van der Waals surface area (Å²) in [6.07, 6.45) is 4.15. The lowest BCUT2D eigenvalue weighted by Crippen LogP contribution is -2.17. The van der Waals surface area contributed by atoms with E-state index in [0.717, 1.165) is 35.5 Å². The molecule has 0 saturated heterocycles. The Kier molecular flexibility index (Phi) is 4.12. The molecule has 0 aliphatic heterocycles. The second-order valence-electron chi connectivity index (χ2n) is 7.51. The minimum atomic E-state index is -0.146. The monoisotopic (exact) mass is 388 g/mol. The fourth-order valence-corrected chi connectivity index (χ4v) is 3.31. The molecule has 0 unspecified atom stereocenters. The minimum Gasteiger partial charge on any atom is -0.334 e. The summed E-state index contributed by atoms with van der Waals surface area (Å²) in [4.78, 5) is 17.1. The van der Waals surface area contributed by atoms with Gasteiger partial charge in [-0.1, -0.05) is 17.3 Å². The zero-order valence-corrected chi connectivity index (χ0v) is 16.2. The van der Waals surface area contributed by atoms with Gasteiger partial charge in [-0.25, -0.2) is 0 Å². The molecule has 29 heavy (non-hydrogen) atoms. The molecule has 1 N–H and O–H groups in total. The highest BCUT2D eigenvalue weighted by Crippen LogP contribution is 2.39. The number of nitrogens with one attached hydrogen (secondary N) is 1. The first-order valence-electron chi connectivity index (χ1n) is 9.62. The molecule has 0 bridgehead atoms. The number of hydrogen-bond donors (Lipinski definition) is 1. The van der Waals surface area contributed by atoms with Crippen LogP contribution in [0.1, 0.15) is 41.5 Å². The molecular weight excluding hydrogens is 368 g/mol. The highest BCUT2D eigenvalue weighted by Gasteiger charge is 2.29. The fraction of sp³-hybridized carbons (Fsp3) is 0.286. The number of pyridine rings is 1. The molecule has 8 nitrogen and oxygen atoms in total. The molecule has 1 saturated carbocycles. The van der Waals surface area contributed by atoms with E-state index < -0.39 is 0 Å². The van der Waals surface area contributed by atoms with Crippen molar-refractivity contribution in [2.45, 2.75) is 39.0 Å². The Morgan fingerprint density at radius 1 is 1.24 bits per heavy atom. The first kappa shape index (κ1) is 17.5. The van der Waals surface area contributed by atoms with Gasteiger partial charge in [0.05, 0.1) is 12.0 Å². The van der Waals surface area contributed by atoms with Crippen LogP contribution in [0.4, 0.5) is 5.69 Å². The maximum Gasteiger partial charge on any atom is 0.261 e. The van der Waals surface area contributed by atoms with E-state index in [-0.39, 0.29) is 12.3 Å². The summed E-state index contributed by atoms with van der Waals surface area (Å²) in [5.74, 6) is 1.99. The average molecular weight is 388 g/mol. The van der Waals surface area contributed by atoms with Gasteiger partial charge < -0.3 is 9.84 Å². The molecule has 4 aromatic rings. The Balaban J connectivity index is 1.41. The lowest BCUT2D eigenvalue weighted by atomic mass is 10.1. The molecule has 1 aliphatic carbocycles. The highest BCUT2D eigenvalue weighted by atomic mass is 16.5. The van der Waals surface area contributed by atoms with Crippen molar-refractivity contribution in [1.29, 1.82) is 0 Å². The van der Waals surface area contributed by atoms with Gasteiger partial charge in [-0.15, -0.1) is 10.2 Å². The van der Waals surface area contributed by atoms with E-state index in [1.165, 1.54) is 0 Å². The third-order valence-electron chi connectivity index (χ3n) is 5.11. The number of fused-ring (bicyclic) bond motifs is 1. The predicted octanol–water partition coefficient (Wildman–Crippen LogP) is 3.45. The molecule has 0 radical (unpaired) electrons. The van der Waals surface area contributed by atoms with Gasteiger partial charge in [0.15, 0.2) is 11.5 Å². The molecular formula is C21H20N6O2. The van der Waals surface area contributed by atoms with E-state index in [9.17, 15) is 4.79 Å². The van der Waals surface area contributed by atoms with Gasteiger partial charge in [0.25, 0.3) is 5.89 Å². The number of aromatic nitrogens is 5. The molecule has 3 heterocycles. The van der Waals surface area contributed by atoms with Crippen LogP contribution in [-0.4, -0.2) is 30.6 Å². The third-order valence-corrected chi connectivity index (χ3v) is 5.11. The van der Waals surface area contributed by atoms with Gasteiger partial charge >= 0.3 is 0 Å². The van der Waals surface area contributed by atoms with Crippen LogP contribution in [0, 0.1) is 13.8 Å². The zero-order valence-electron chi connectivity index (χ0n) is 16.2. The smallest absolute Gasteiger partial charge is 0.261 e. The summed E-state index contributed by atoms with van der Waals surface area (Å²) in [6, 6.07) is 9.70. The van der Waals surface area contributed by atoms with Gasteiger partial charge in [-0.2, -0.15) is 4.98 Å². The van der Waals surface area contributed by atoms with Crippen molar-refractivity contribution in [2.24, 2.45) is 0 Å². The molecule has 1 aromatic carbocycles. The van der Waals surface area contributed by atoms with Crippen LogP contribution in [0.5, 0.6) is 0 Å². The van der Waals surface area contributed by atoms with Gasteiger partial charge in [-0.3, -0.25) is 9.20 Å². The van der Waals surface area contributed by atoms with Crippen molar-refractivity contribution >= 4 is 17.2 Å². The van der Waals surface area contributed by atoms with Crippen LogP contribution in [0.15, 0.2) is 41.1 Å². The Hall–Kier alpha value is -3.55. The average Bonchev–Trinajstić information content (AvgIpc) is 3.30. The number of rotatable bonds is 5. The predicted molar refractivity (Wildman–Crippen MR) is 107 cm³/mol. The van der Waals surface area contributed by atoms with Crippen LogP contribution in [0.2, 0.25) is 0 Å². The highest BCUT2D eigenvalue weighted by molar-refractivity contribution is 5.92. The van der Waals surface area contributed by atoms with Crippen molar-refractivity contribution < 1.29 is 9.32 Å². The normalized spacial score (nSPS) is 13.7. The largest absolute Gasteiger partial charge is 0.334 e. The third kappa shape index (κ3) is 3.37. The molecule has 5 rings (SSSR count). The number of amides is 1. The number of carbonyl (C=O) groups excluding carboxylic acids is 1. The maximum absolute atomic E-state index is 12.6. The second-order valence-corrected chi connectivity index (χ2v) is 7.51. The van der Waals surface area contributed by atoms with Crippen LogP contribution in [0.25, 0.3) is 17.1 Å². The lowest BCUT2D eigenvalue weighted by Gasteiger charge is -2.09. The fourth-order valence-electron chi connectivity index (χ4n) is 3.31. The lowest BCUT2D eigenvalue weighted by molar-refractivity contribution is -0.115. The van der Waals surface area contributed by atoms with E-state index in [2.05, 4.69) is 25.7 Å². The van der Waals surface area contributed by atoms with E-state index in [4.69, 9.17) is 4.52 Å². The quantitative estimate of drug-likeness (QED) is 0.562. The number of aryl methyl sites for hydroxylation is 2. The number of carbonyl (C=O) groups is 1. The summed E-state index contributed by atoms with van der Waals surface area (Å²) < 4.78 is 7.22. The molecule has 1 amide bonds. The van der Waals surface area contributed by atoms with E-state index >= 15 is 0 Å². The number of benzene rings is 1. The van der Waals surface area contributed by atoms with Gasteiger partial charge in [0.1, 0.15) is 5.82 Å². The Morgan fingerprint density at radius 3 is 2.93 bits per heavy atom. The second kappa shape index (κ2) is 6.80. The van der Waals surface area contributed by atoms with E-state index in [1.807, 2.05) is 50.4 Å². The summed E-state index contributed by atoms with van der Waals surface area (Å²) in [5, 5.41) is 15.5. The SMILES string of the molecule is Cc1ccc(C)c(NC(=O)Cc2nnc3c(-c4nc(C5CC5)no4)cccn23)c1. The van der Waals surface area contributed by atoms with Crippen molar-refractivity contribution in [3.05, 3.63) is 59.3 Å². The number of nitrogens with zero attached hydrogens (tertiary/aromatic N) is 5. The number of hydrogen-bond acceptors (Lipinski definition) is 6. The molecule has 0 spiro atoms. The van der Waals surface area contributed by atoms with Crippen molar-refractivity contribution in [3.63, 3.8) is 0 Å². The number of anilines is 1. The molecule has 8 heteroatoms. The maximum atomic E-state index is 12.6. The molecule has 0 atom stereocenters. The van der Waals surface area contributed by atoms with Crippen LogP contribution in [-0.2, 0) is 11.2 Å². The van der Waals surface area contributed by atoms with Crippen molar-refractivity contribution in [3.8, 4) is 11.5 Å². The van der Waals surface area contributed by atoms with Crippen LogP contribution < -0.4 is 5.32 Å². The Bertz CT molecular complexity index is 1220. The zero-order chi connectivity index (χ0) is 20.0. The summed E-state index contributed by atoms with van der Waals surface area (Å²) in [5.41, 5.74) is 4.21. The first-order valence-corrected chi connectivity index (χ1v) is 9.62. The first-order chi connectivity index (χ1) is 14.1. The summed E-state index contributed by atoms with van der Waals surface area (Å²) >= 11 is 0. The standard InChI is InChI=1S/C21H20N6O2/c1-12-5-6-13(2)16(10-12)22-18(28)11-17-24-25-20-15(4-3-9-27(17)20)21-23-19(26-29-21)14-7-8-14/h3-6,9-10,14H,7-8,11H2,1-2H3,(H,22,28). The Labute approximate surface area is 167 Å². The van der Waals surface area contributed by atoms with E-state index in [0.29, 0.717) is 28.8 Å². The summed E-state index contributed by atoms with van der Waals surface area (Å²) in [6.45, 7) is 3.96. The van der Waals surface area contributed by atoms with Gasteiger partial charge in [0, 0.05) is 17.8 Å². The van der Waals surface area contributed by atoms with E-state index in [1.54, 1.807) is 4.40 Å². The molecule has 3 aromatic heterocycles. The van der Waals surface area contributed by atoms with Gasteiger partial charge in [0.2, 0.25) is 5.91 Å². The molecule has 1 aliphatic rings. The van der Waals surface area contributed by atoms with Crippen LogP contribution >= 0.6 is 0 Å². The van der Waals surface area contributed by atoms with Crippen molar-refractivity contribution in [1.82, 2.24) is 24.7 Å². The van der Waals surface area contributed by atoms with Crippen molar-refractivity contribution in [2.75, 3.05) is 5.32 Å². The summed E-state index contributed by atoms with van der Waals surface area (Å²) in [7, 11) is 0. The molecule has 146 valence electrons. The minimum absolute atomic E-state index is 0.106. The van der Waals surface area contributed by atoms with Crippen LogP contribution in [0.3, 0.4) is 0 Å².